The highest BCUT2D eigenvalue weighted by atomic mass is 16.6. The Morgan fingerprint density at radius 1 is 1.16 bits per heavy atom. The summed E-state index contributed by atoms with van der Waals surface area (Å²) in [5.41, 5.74) is -1.12. The van der Waals surface area contributed by atoms with Gasteiger partial charge in [0, 0.05) is 31.0 Å². The largest absolute Gasteiger partial charge is 0.478 e. The van der Waals surface area contributed by atoms with Crippen LogP contribution in [0.4, 0.5) is 5.69 Å². The Bertz CT molecular complexity index is 1090. The summed E-state index contributed by atoms with van der Waals surface area (Å²) < 4.78 is 10.5. The van der Waals surface area contributed by atoms with Crippen molar-refractivity contribution in [2.45, 2.75) is 46.6 Å². The number of carboxylic acids is 1. The highest BCUT2D eigenvalue weighted by molar-refractivity contribution is 6.06. The maximum Gasteiger partial charge on any atom is 0.341 e. The minimum Gasteiger partial charge on any atom is -0.478 e. The molecule has 1 heterocycles. The fourth-order valence-electron chi connectivity index (χ4n) is 3.22. The topological polar surface area (TPSA) is 146 Å². The SMILES string of the molecule is CC(=O)OCCC(C)(C)OC(=O)c1c(C)nc(C)c(C(=O)O)c1-c1cccc([N+](=O)[O-])c1. The number of aryl methyl sites for hydroxylation is 2. The molecule has 1 aromatic carbocycles. The Hall–Kier alpha value is -3.82. The second kappa shape index (κ2) is 9.54. The number of nitro groups is 1. The molecular formula is C22H24N2O8. The van der Waals surface area contributed by atoms with E-state index in [-0.39, 0.29) is 52.4 Å². The zero-order valence-corrected chi connectivity index (χ0v) is 18.4. The molecule has 0 aliphatic rings. The van der Waals surface area contributed by atoms with E-state index in [4.69, 9.17) is 9.47 Å². The lowest BCUT2D eigenvalue weighted by molar-refractivity contribution is -0.384. The average molecular weight is 444 g/mol. The molecule has 2 rings (SSSR count). The van der Waals surface area contributed by atoms with E-state index < -0.39 is 28.4 Å². The number of aromatic carboxylic acids is 1. The zero-order chi connectivity index (χ0) is 24.2. The fourth-order valence-corrected chi connectivity index (χ4v) is 3.22. The maximum absolute atomic E-state index is 13.2. The molecule has 170 valence electrons. The summed E-state index contributed by atoms with van der Waals surface area (Å²) in [6.45, 7) is 7.54. The van der Waals surface area contributed by atoms with Gasteiger partial charge in [-0.15, -0.1) is 0 Å². The quantitative estimate of drug-likeness (QED) is 0.364. The van der Waals surface area contributed by atoms with Crippen LogP contribution in [0.25, 0.3) is 11.1 Å². The second-order valence-electron chi connectivity index (χ2n) is 7.76. The van der Waals surface area contributed by atoms with Crippen molar-refractivity contribution < 1.29 is 33.9 Å². The van der Waals surface area contributed by atoms with Crippen LogP contribution in [-0.2, 0) is 14.3 Å². The normalized spacial score (nSPS) is 11.0. The highest BCUT2D eigenvalue weighted by Crippen LogP contribution is 2.34. The molecule has 2 aromatic rings. The lowest BCUT2D eigenvalue weighted by atomic mass is 9.92. The predicted molar refractivity (Wildman–Crippen MR) is 114 cm³/mol. The number of benzene rings is 1. The minimum absolute atomic E-state index is 0.00742. The Kier molecular flexibility index (Phi) is 7.29. The number of carbonyl (C=O) groups excluding carboxylic acids is 2. The molecule has 10 heteroatoms. The lowest BCUT2D eigenvalue weighted by Crippen LogP contribution is -2.31. The van der Waals surface area contributed by atoms with E-state index in [0.717, 1.165) is 0 Å². The van der Waals surface area contributed by atoms with Crippen molar-refractivity contribution >= 4 is 23.6 Å². The third kappa shape index (κ3) is 5.65. The monoisotopic (exact) mass is 444 g/mol. The molecular weight excluding hydrogens is 420 g/mol. The third-order valence-electron chi connectivity index (χ3n) is 4.70. The van der Waals surface area contributed by atoms with Gasteiger partial charge < -0.3 is 14.6 Å². The minimum atomic E-state index is -1.33. The lowest BCUT2D eigenvalue weighted by Gasteiger charge is -2.26. The third-order valence-corrected chi connectivity index (χ3v) is 4.70. The number of aromatic nitrogens is 1. The van der Waals surface area contributed by atoms with Gasteiger partial charge in [-0.3, -0.25) is 19.9 Å². The number of pyridine rings is 1. The van der Waals surface area contributed by atoms with Gasteiger partial charge in [-0.25, -0.2) is 9.59 Å². The van der Waals surface area contributed by atoms with Crippen LogP contribution in [0.5, 0.6) is 0 Å². The molecule has 0 aliphatic carbocycles. The van der Waals surface area contributed by atoms with Crippen LogP contribution in [0.2, 0.25) is 0 Å². The van der Waals surface area contributed by atoms with E-state index in [1.165, 1.54) is 45.0 Å². The molecule has 0 bridgehead atoms. The van der Waals surface area contributed by atoms with Gasteiger partial charge >= 0.3 is 17.9 Å². The van der Waals surface area contributed by atoms with Gasteiger partial charge in [0.05, 0.1) is 34.0 Å². The molecule has 0 unspecified atom stereocenters. The van der Waals surface area contributed by atoms with E-state index in [2.05, 4.69) is 4.98 Å². The highest BCUT2D eigenvalue weighted by Gasteiger charge is 2.31. The van der Waals surface area contributed by atoms with Crippen LogP contribution in [-0.4, -0.2) is 45.1 Å². The number of non-ortho nitro benzene ring substituents is 1. The predicted octanol–water partition coefficient (Wildman–Crippen LogP) is 3.86. The van der Waals surface area contributed by atoms with Gasteiger partial charge in [0.15, 0.2) is 0 Å². The molecule has 0 amide bonds. The molecule has 32 heavy (non-hydrogen) atoms. The molecule has 1 N–H and O–H groups in total. The number of ether oxygens (including phenoxy) is 2. The molecule has 0 spiro atoms. The van der Waals surface area contributed by atoms with Crippen molar-refractivity contribution in [2.24, 2.45) is 0 Å². The smallest absolute Gasteiger partial charge is 0.341 e. The van der Waals surface area contributed by atoms with Gasteiger partial charge in [0.1, 0.15) is 5.60 Å². The molecule has 0 atom stereocenters. The van der Waals surface area contributed by atoms with Crippen molar-refractivity contribution in [2.75, 3.05) is 6.61 Å². The summed E-state index contributed by atoms with van der Waals surface area (Å²) in [5, 5.41) is 21.1. The standard InChI is InChI=1S/C22H24N2O8/c1-12-17(20(26)27)19(15-7-6-8-16(11-15)24(29)30)18(13(2)23-12)21(28)32-22(4,5)9-10-31-14(3)25/h6-8,11H,9-10H2,1-5H3,(H,26,27). The first-order chi connectivity index (χ1) is 14.8. The summed E-state index contributed by atoms with van der Waals surface area (Å²) in [7, 11) is 0. The first-order valence-corrected chi connectivity index (χ1v) is 9.70. The molecule has 0 saturated carbocycles. The Morgan fingerprint density at radius 2 is 1.78 bits per heavy atom. The van der Waals surface area contributed by atoms with Crippen molar-refractivity contribution in [1.29, 1.82) is 0 Å². The van der Waals surface area contributed by atoms with E-state index in [1.807, 2.05) is 0 Å². The summed E-state index contributed by atoms with van der Waals surface area (Å²) in [6.07, 6.45) is 0.203. The number of hydrogen-bond donors (Lipinski definition) is 1. The summed E-state index contributed by atoms with van der Waals surface area (Å²) in [4.78, 5) is 51.0. The van der Waals surface area contributed by atoms with Gasteiger partial charge in [-0.2, -0.15) is 0 Å². The van der Waals surface area contributed by atoms with Crippen LogP contribution in [0.3, 0.4) is 0 Å². The van der Waals surface area contributed by atoms with Crippen LogP contribution in [0, 0.1) is 24.0 Å². The first-order valence-electron chi connectivity index (χ1n) is 9.70. The number of carboxylic acid groups (broad SMARTS) is 1. The number of carbonyl (C=O) groups is 3. The van der Waals surface area contributed by atoms with E-state index in [1.54, 1.807) is 13.8 Å². The van der Waals surface area contributed by atoms with Crippen LogP contribution >= 0.6 is 0 Å². The summed E-state index contributed by atoms with van der Waals surface area (Å²) in [6, 6.07) is 5.35. The Labute approximate surface area is 184 Å². The van der Waals surface area contributed by atoms with Crippen molar-refractivity contribution in [3.63, 3.8) is 0 Å². The number of esters is 2. The number of rotatable bonds is 8. The van der Waals surface area contributed by atoms with Crippen LogP contribution in [0.15, 0.2) is 24.3 Å². The first kappa shape index (κ1) is 24.4. The maximum atomic E-state index is 13.2. The van der Waals surface area contributed by atoms with Gasteiger partial charge in [-0.05, 0) is 33.3 Å². The summed E-state index contributed by atoms with van der Waals surface area (Å²) >= 11 is 0. The number of hydrogen-bond acceptors (Lipinski definition) is 8. The Morgan fingerprint density at radius 3 is 2.34 bits per heavy atom. The zero-order valence-electron chi connectivity index (χ0n) is 18.4. The van der Waals surface area contributed by atoms with Crippen LogP contribution in [0.1, 0.15) is 59.3 Å². The van der Waals surface area contributed by atoms with E-state index >= 15 is 0 Å². The van der Waals surface area contributed by atoms with Crippen molar-refractivity contribution in [3.8, 4) is 11.1 Å². The van der Waals surface area contributed by atoms with E-state index in [9.17, 15) is 29.6 Å². The number of nitrogens with zero attached hydrogens (tertiary/aromatic N) is 2. The van der Waals surface area contributed by atoms with Crippen LogP contribution < -0.4 is 0 Å². The van der Waals surface area contributed by atoms with Gasteiger partial charge in [0.25, 0.3) is 5.69 Å². The average Bonchev–Trinajstić information content (AvgIpc) is 2.65. The fraction of sp³-hybridized carbons (Fsp3) is 0.364. The molecule has 10 nitrogen and oxygen atoms in total. The summed E-state index contributed by atoms with van der Waals surface area (Å²) in [5.74, 6) is -2.64. The number of nitro benzene ring substituents is 1. The van der Waals surface area contributed by atoms with Crippen molar-refractivity contribution in [1.82, 2.24) is 4.98 Å². The van der Waals surface area contributed by atoms with E-state index in [0.29, 0.717) is 0 Å². The molecule has 0 fully saturated rings. The molecule has 0 saturated heterocycles. The molecule has 0 aliphatic heterocycles. The van der Waals surface area contributed by atoms with Crippen molar-refractivity contribution in [3.05, 3.63) is 56.9 Å². The molecule has 1 aromatic heterocycles. The van der Waals surface area contributed by atoms with Gasteiger partial charge in [0.2, 0.25) is 0 Å². The second-order valence-corrected chi connectivity index (χ2v) is 7.76. The van der Waals surface area contributed by atoms with Gasteiger partial charge in [-0.1, -0.05) is 12.1 Å². The molecule has 0 radical (unpaired) electrons. The Balaban J connectivity index is 2.62.